The summed E-state index contributed by atoms with van der Waals surface area (Å²) in [5, 5.41) is 8.59. The Labute approximate surface area is 131 Å². The van der Waals surface area contributed by atoms with Crippen LogP contribution in [0.4, 0.5) is 0 Å². The van der Waals surface area contributed by atoms with Gasteiger partial charge in [0.05, 0.1) is 10.7 Å². The van der Waals surface area contributed by atoms with E-state index in [2.05, 4.69) is 42.2 Å². The van der Waals surface area contributed by atoms with E-state index in [9.17, 15) is 0 Å². The number of nitrogens with zero attached hydrogens (tertiary/aromatic N) is 3. The van der Waals surface area contributed by atoms with Crippen molar-refractivity contribution in [2.24, 2.45) is 0 Å². The molecule has 0 spiro atoms. The van der Waals surface area contributed by atoms with E-state index < -0.39 is 0 Å². The molecule has 4 nitrogen and oxygen atoms in total. The fourth-order valence-electron chi connectivity index (χ4n) is 2.22. The molecule has 0 unspecified atom stereocenters. The van der Waals surface area contributed by atoms with Gasteiger partial charge in [0.25, 0.3) is 0 Å². The Kier molecular flexibility index (Phi) is 5.76. The Morgan fingerprint density at radius 2 is 2.00 bits per heavy atom. The molecule has 0 amide bonds. The standard InChI is InChI=1S/C16H23ClN4/c1-4-7-18-10-12-8-15(17)16(19-11-12)21-14(6-3)9-13(5-2)20-21/h8-9,11,18H,4-7,10H2,1-3H3. The van der Waals surface area contributed by atoms with Crippen LogP contribution in [0.3, 0.4) is 0 Å². The molecule has 0 saturated carbocycles. The van der Waals surface area contributed by atoms with E-state index in [1.807, 2.05) is 16.9 Å². The lowest BCUT2D eigenvalue weighted by atomic mass is 10.2. The first kappa shape index (κ1) is 16.0. The van der Waals surface area contributed by atoms with Gasteiger partial charge in [-0.3, -0.25) is 0 Å². The number of pyridine rings is 1. The zero-order chi connectivity index (χ0) is 15.2. The molecule has 114 valence electrons. The number of rotatable bonds is 7. The van der Waals surface area contributed by atoms with Crippen LogP contribution in [0.5, 0.6) is 0 Å². The summed E-state index contributed by atoms with van der Waals surface area (Å²) in [6.45, 7) is 8.16. The van der Waals surface area contributed by atoms with E-state index in [1.54, 1.807) is 0 Å². The number of aromatic nitrogens is 3. The van der Waals surface area contributed by atoms with Gasteiger partial charge in [0.15, 0.2) is 5.82 Å². The van der Waals surface area contributed by atoms with Crippen LogP contribution in [0.1, 0.15) is 44.1 Å². The van der Waals surface area contributed by atoms with Crippen molar-refractivity contribution in [2.45, 2.75) is 46.6 Å². The summed E-state index contributed by atoms with van der Waals surface area (Å²) in [5.41, 5.74) is 3.30. The van der Waals surface area contributed by atoms with Gasteiger partial charge in [-0.15, -0.1) is 0 Å². The third-order valence-electron chi connectivity index (χ3n) is 3.39. The molecule has 0 aliphatic heterocycles. The summed E-state index contributed by atoms with van der Waals surface area (Å²) < 4.78 is 1.87. The van der Waals surface area contributed by atoms with E-state index in [0.717, 1.165) is 49.3 Å². The highest BCUT2D eigenvalue weighted by Gasteiger charge is 2.12. The maximum absolute atomic E-state index is 6.41. The first-order valence-electron chi connectivity index (χ1n) is 7.62. The highest BCUT2D eigenvalue weighted by atomic mass is 35.5. The summed E-state index contributed by atoms with van der Waals surface area (Å²) in [5.74, 6) is 0.715. The first-order chi connectivity index (χ1) is 10.2. The Morgan fingerprint density at radius 3 is 2.62 bits per heavy atom. The lowest BCUT2D eigenvalue weighted by molar-refractivity contribution is 0.672. The van der Waals surface area contributed by atoms with Crippen molar-refractivity contribution in [3.8, 4) is 5.82 Å². The van der Waals surface area contributed by atoms with E-state index in [1.165, 1.54) is 0 Å². The molecule has 2 aromatic heterocycles. The van der Waals surface area contributed by atoms with Crippen molar-refractivity contribution in [2.75, 3.05) is 6.54 Å². The van der Waals surface area contributed by atoms with E-state index in [-0.39, 0.29) is 0 Å². The molecule has 2 rings (SSSR count). The lowest BCUT2D eigenvalue weighted by Gasteiger charge is -2.09. The molecular weight excluding hydrogens is 284 g/mol. The van der Waals surface area contributed by atoms with Crippen molar-refractivity contribution in [3.05, 3.63) is 40.3 Å². The minimum absolute atomic E-state index is 0.645. The Hall–Kier alpha value is -1.39. The SMILES string of the molecule is CCCNCc1cnc(-n2nc(CC)cc2CC)c(Cl)c1. The third-order valence-corrected chi connectivity index (χ3v) is 3.67. The summed E-state index contributed by atoms with van der Waals surface area (Å²) >= 11 is 6.41. The number of hydrogen-bond donors (Lipinski definition) is 1. The largest absolute Gasteiger partial charge is 0.313 e. The normalized spacial score (nSPS) is 11.0. The predicted octanol–water partition coefficient (Wildman–Crippen LogP) is 3.55. The van der Waals surface area contributed by atoms with Crippen molar-refractivity contribution in [3.63, 3.8) is 0 Å². The van der Waals surface area contributed by atoms with Crippen LogP contribution in [-0.4, -0.2) is 21.3 Å². The monoisotopic (exact) mass is 306 g/mol. The average molecular weight is 307 g/mol. The molecule has 0 saturated heterocycles. The number of halogens is 1. The van der Waals surface area contributed by atoms with Gasteiger partial charge in [-0.2, -0.15) is 5.10 Å². The van der Waals surface area contributed by atoms with Crippen molar-refractivity contribution >= 4 is 11.6 Å². The molecule has 0 radical (unpaired) electrons. The smallest absolute Gasteiger partial charge is 0.172 e. The molecular formula is C16H23ClN4. The van der Waals surface area contributed by atoms with Crippen molar-refractivity contribution < 1.29 is 0 Å². The van der Waals surface area contributed by atoms with Crippen molar-refractivity contribution in [1.82, 2.24) is 20.1 Å². The van der Waals surface area contributed by atoms with Gasteiger partial charge in [-0.25, -0.2) is 9.67 Å². The van der Waals surface area contributed by atoms with Crippen LogP contribution >= 0.6 is 11.6 Å². The molecule has 2 heterocycles. The Morgan fingerprint density at radius 1 is 1.19 bits per heavy atom. The average Bonchev–Trinajstić information content (AvgIpc) is 2.91. The topological polar surface area (TPSA) is 42.7 Å². The maximum Gasteiger partial charge on any atom is 0.172 e. The van der Waals surface area contributed by atoms with Gasteiger partial charge < -0.3 is 5.32 Å². The van der Waals surface area contributed by atoms with Crippen LogP contribution in [0.2, 0.25) is 5.02 Å². The fraction of sp³-hybridized carbons (Fsp3) is 0.500. The third kappa shape index (κ3) is 3.83. The number of aryl methyl sites for hydroxylation is 2. The number of hydrogen-bond acceptors (Lipinski definition) is 3. The summed E-state index contributed by atoms with van der Waals surface area (Å²) in [4.78, 5) is 4.51. The minimum Gasteiger partial charge on any atom is -0.313 e. The van der Waals surface area contributed by atoms with Crippen LogP contribution in [0, 0.1) is 0 Å². The van der Waals surface area contributed by atoms with Gasteiger partial charge in [0.2, 0.25) is 0 Å². The van der Waals surface area contributed by atoms with Gasteiger partial charge in [-0.05, 0) is 43.5 Å². The molecule has 0 atom stereocenters. The van der Waals surface area contributed by atoms with E-state index >= 15 is 0 Å². The fourth-order valence-corrected chi connectivity index (χ4v) is 2.48. The quantitative estimate of drug-likeness (QED) is 0.796. The minimum atomic E-state index is 0.645. The zero-order valence-corrected chi connectivity index (χ0v) is 13.7. The van der Waals surface area contributed by atoms with Crippen molar-refractivity contribution in [1.29, 1.82) is 0 Å². The Balaban J connectivity index is 2.26. The van der Waals surface area contributed by atoms with E-state index in [4.69, 9.17) is 11.6 Å². The molecule has 5 heteroatoms. The second-order valence-corrected chi connectivity index (χ2v) is 5.48. The molecule has 0 aliphatic rings. The highest BCUT2D eigenvalue weighted by molar-refractivity contribution is 6.32. The molecule has 1 N–H and O–H groups in total. The second-order valence-electron chi connectivity index (χ2n) is 5.07. The first-order valence-corrected chi connectivity index (χ1v) is 8.00. The summed E-state index contributed by atoms with van der Waals surface area (Å²) in [7, 11) is 0. The van der Waals surface area contributed by atoms with Crippen LogP contribution in [-0.2, 0) is 19.4 Å². The second kappa shape index (κ2) is 7.57. The maximum atomic E-state index is 6.41. The van der Waals surface area contributed by atoms with Gasteiger partial charge in [-0.1, -0.05) is 32.4 Å². The van der Waals surface area contributed by atoms with Gasteiger partial charge in [0, 0.05) is 18.4 Å². The van der Waals surface area contributed by atoms with Gasteiger partial charge >= 0.3 is 0 Å². The molecule has 0 bridgehead atoms. The zero-order valence-electron chi connectivity index (χ0n) is 13.0. The molecule has 0 fully saturated rings. The molecule has 0 aromatic carbocycles. The molecule has 0 aliphatic carbocycles. The van der Waals surface area contributed by atoms with Crippen LogP contribution in [0.25, 0.3) is 5.82 Å². The molecule has 21 heavy (non-hydrogen) atoms. The van der Waals surface area contributed by atoms with Gasteiger partial charge in [0.1, 0.15) is 0 Å². The summed E-state index contributed by atoms with van der Waals surface area (Å²) in [6.07, 6.45) is 4.81. The summed E-state index contributed by atoms with van der Waals surface area (Å²) in [6, 6.07) is 4.09. The lowest BCUT2D eigenvalue weighted by Crippen LogP contribution is -2.14. The van der Waals surface area contributed by atoms with Crippen LogP contribution in [0.15, 0.2) is 18.3 Å². The van der Waals surface area contributed by atoms with Crippen LogP contribution < -0.4 is 5.32 Å². The predicted molar refractivity (Wildman–Crippen MR) is 87.1 cm³/mol. The Bertz CT molecular complexity index is 592. The highest BCUT2D eigenvalue weighted by Crippen LogP contribution is 2.21. The number of nitrogens with one attached hydrogen (secondary N) is 1. The van der Waals surface area contributed by atoms with E-state index in [0.29, 0.717) is 10.8 Å². The molecule has 2 aromatic rings.